The van der Waals surface area contributed by atoms with E-state index in [1.54, 1.807) is 6.07 Å². The van der Waals surface area contributed by atoms with E-state index in [1.807, 2.05) is 24.3 Å². The maximum atomic E-state index is 13.3. The van der Waals surface area contributed by atoms with Crippen molar-refractivity contribution in [2.75, 3.05) is 6.54 Å². The molecule has 2 aromatic rings. The van der Waals surface area contributed by atoms with Gasteiger partial charge in [0.15, 0.2) is 0 Å². The first-order valence-corrected chi connectivity index (χ1v) is 7.23. The highest BCUT2D eigenvalue weighted by Crippen LogP contribution is 2.24. The van der Waals surface area contributed by atoms with Gasteiger partial charge in [0.1, 0.15) is 5.82 Å². The first-order chi connectivity index (χ1) is 9.60. The molecular formula is C16H16Cl2FN. The molecule has 2 N–H and O–H groups in total. The summed E-state index contributed by atoms with van der Waals surface area (Å²) in [4.78, 5) is 0. The van der Waals surface area contributed by atoms with Crippen LogP contribution in [0.25, 0.3) is 0 Å². The van der Waals surface area contributed by atoms with E-state index < -0.39 is 0 Å². The molecule has 20 heavy (non-hydrogen) atoms. The second-order valence-corrected chi connectivity index (χ2v) is 5.65. The third-order valence-corrected chi connectivity index (χ3v) is 4.05. The van der Waals surface area contributed by atoms with Gasteiger partial charge in [0, 0.05) is 10.0 Å². The van der Waals surface area contributed by atoms with Gasteiger partial charge in [0.2, 0.25) is 0 Å². The fourth-order valence-electron chi connectivity index (χ4n) is 2.22. The number of hydrogen-bond donors (Lipinski definition) is 1. The molecule has 0 aliphatic heterocycles. The van der Waals surface area contributed by atoms with Gasteiger partial charge in [-0.25, -0.2) is 4.39 Å². The summed E-state index contributed by atoms with van der Waals surface area (Å²) < 4.78 is 13.3. The van der Waals surface area contributed by atoms with Crippen molar-refractivity contribution in [2.45, 2.75) is 12.8 Å². The van der Waals surface area contributed by atoms with Crippen LogP contribution in [0.2, 0.25) is 10.0 Å². The molecule has 0 bridgehead atoms. The number of rotatable bonds is 5. The third kappa shape index (κ3) is 3.95. The maximum Gasteiger partial charge on any atom is 0.123 e. The standard InChI is InChI=1S/C16H16Cl2FN/c17-15-4-2-1-3-12(15)7-11(10-20)8-13-9-14(19)5-6-16(13)18/h1-6,9,11H,7-8,10,20H2. The lowest BCUT2D eigenvalue weighted by atomic mass is 9.92. The summed E-state index contributed by atoms with van der Waals surface area (Å²) in [6, 6.07) is 12.1. The zero-order chi connectivity index (χ0) is 14.5. The van der Waals surface area contributed by atoms with Gasteiger partial charge in [-0.2, -0.15) is 0 Å². The van der Waals surface area contributed by atoms with E-state index in [0.717, 1.165) is 22.6 Å². The summed E-state index contributed by atoms with van der Waals surface area (Å²) in [5.74, 6) is -0.105. The highest BCUT2D eigenvalue weighted by molar-refractivity contribution is 6.31. The Balaban J connectivity index is 2.13. The summed E-state index contributed by atoms with van der Waals surface area (Å²) in [6.45, 7) is 0.498. The van der Waals surface area contributed by atoms with Gasteiger partial charge in [-0.15, -0.1) is 0 Å². The topological polar surface area (TPSA) is 26.0 Å². The number of nitrogens with two attached hydrogens (primary N) is 1. The average Bonchev–Trinajstić information content (AvgIpc) is 2.44. The molecular weight excluding hydrogens is 296 g/mol. The molecule has 106 valence electrons. The molecule has 0 aliphatic rings. The summed E-state index contributed by atoms with van der Waals surface area (Å²) in [5.41, 5.74) is 7.67. The molecule has 4 heteroatoms. The lowest BCUT2D eigenvalue weighted by molar-refractivity contribution is 0.530. The fourth-order valence-corrected chi connectivity index (χ4v) is 2.63. The molecule has 0 aliphatic carbocycles. The van der Waals surface area contributed by atoms with E-state index in [9.17, 15) is 4.39 Å². The first-order valence-electron chi connectivity index (χ1n) is 6.47. The second kappa shape index (κ2) is 7.07. The van der Waals surface area contributed by atoms with Gasteiger partial charge < -0.3 is 5.73 Å². The molecule has 0 saturated carbocycles. The van der Waals surface area contributed by atoms with Crippen molar-refractivity contribution < 1.29 is 4.39 Å². The molecule has 1 atom stereocenters. The summed E-state index contributed by atoms with van der Waals surface area (Å²) in [7, 11) is 0. The van der Waals surface area contributed by atoms with Gasteiger partial charge in [-0.1, -0.05) is 41.4 Å². The Morgan fingerprint density at radius 2 is 1.60 bits per heavy atom. The van der Waals surface area contributed by atoms with Gasteiger partial charge >= 0.3 is 0 Å². The zero-order valence-electron chi connectivity index (χ0n) is 11.0. The lowest BCUT2D eigenvalue weighted by Crippen LogP contribution is -2.19. The largest absolute Gasteiger partial charge is 0.330 e. The SMILES string of the molecule is NCC(Cc1ccccc1Cl)Cc1cc(F)ccc1Cl. The quantitative estimate of drug-likeness (QED) is 0.865. The Morgan fingerprint density at radius 3 is 2.30 bits per heavy atom. The Morgan fingerprint density at radius 1 is 0.950 bits per heavy atom. The van der Waals surface area contributed by atoms with Gasteiger partial charge in [-0.3, -0.25) is 0 Å². The van der Waals surface area contributed by atoms with Crippen LogP contribution in [-0.2, 0) is 12.8 Å². The van der Waals surface area contributed by atoms with Crippen molar-refractivity contribution in [3.8, 4) is 0 Å². The molecule has 0 spiro atoms. The minimum Gasteiger partial charge on any atom is -0.330 e. The van der Waals surface area contributed by atoms with Gasteiger partial charge in [-0.05, 0) is 60.7 Å². The van der Waals surface area contributed by atoms with E-state index in [0.29, 0.717) is 18.0 Å². The van der Waals surface area contributed by atoms with Crippen LogP contribution in [-0.4, -0.2) is 6.54 Å². The number of benzene rings is 2. The van der Waals surface area contributed by atoms with Crippen LogP contribution in [0.1, 0.15) is 11.1 Å². The molecule has 0 radical (unpaired) electrons. The van der Waals surface area contributed by atoms with E-state index >= 15 is 0 Å². The molecule has 1 unspecified atom stereocenters. The molecule has 0 aromatic heterocycles. The predicted molar refractivity (Wildman–Crippen MR) is 82.8 cm³/mol. The van der Waals surface area contributed by atoms with Crippen LogP contribution in [0.15, 0.2) is 42.5 Å². The predicted octanol–water partition coefficient (Wildman–Crippen LogP) is 4.49. The molecule has 2 aromatic carbocycles. The molecule has 0 saturated heterocycles. The smallest absolute Gasteiger partial charge is 0.123 e. The minimum atomic E-state index is -0.280. The van der Waals surface area contributed by atoms with E-state index in [-0.39, 0.29) is 11.7 Å². The number of halogens is 3. The maximum absolute atomic E-state index is 13.3. The summed E-state index contributed by atoms with van der Waals surface area (Å²) in [5, 5.41) is 1.31. The number of hydrogen-bond acceptors (Lipinski definition) is 1. The van der Waals surface area contributed by atoms with Crippen LogP contribution in [0, 0.1) is 11.7 Å². The lowest BCUT2D eigenvalue weighted by Gasteiger charge is -2.16. The second-order valence-electron chi connectivity index (χ2n) is 4.84. The molecule has 1 nitrogen and oxygen atoms in total. The van der Waals surface area contributed by atoms with Crippen molar-refractivity contribution in [3.63, 3.8) is 0 Å². The van der Waals surface area contributed by atoms with Crippen molar-refractivity contribution in [2.24, 2.45) is 11.7 Å². The highest BCUT2D eigenvalue weighted by atomic mass is 35.5. The van der Waals surface area contributed by atoms with Crippen molar-refractivity contribution >= 4 is 23.2 Å². The van der Waals surface area contributed by atoms with E-state index in [2.05, 4.69) is 0 Å². The van der Waals surface area contributed by atoms with Crippen LogP contribution in [0.3, 0.4) is 0 Å². The van der Waals surface area contributed by atoms with Gasteiger partial charge in [0.05, 0.1) is 0 Å². The molecule has 0 heterocycles. The minimum absolute atomic E-state index is 0.175. The zero-order valence-corrected chi connectivity index (χ0v) is 12.5. The third-order valence-electron chi connectivity index (χ3n) is 3.32. The van der Waals surface area contributed by atoms with Crippen LogP contribution in [0.4, 0.5) is 4.39 Å². The first kappa shape index (κ1) is 15.3. The van der Waals surface area contributed by atoms with Crippen molar-refractivity contribution in [1.82, 2.24) is 0 Å². The summed E-state index contributed by atoms with van der Waals surface area (Å²) in [6.07, 6.45) is 1.39. The molecule has 2 rings (SSSR count). The highest BCUT2D eigenvalue weighted by Gasteiger charge is 2.13. The molecule has 0 amide bonds. The normalized spacial score (nSPS) is 12.4. The van der Waals surface area contributed by atoms with Gasteiger partial charge in [0.25, 0.3) is 0 Å². The fraction of sp³-hybridized carbons (Fsp3) is 0.250. The Kier molecular flexibility index (Phi) is 5.41. The Hall–Kier alpha value is -1.09. The van der Waals surface area contributed by atoms with Crippen LogP contribution in [0.5, 0.6) is 0 Å². The van der Waals surface area contributed by atoms with Crippen LogP contribution >= 0.6 is 23.2 Å². The Bertz CT molecular complexity index is 586. The van der Waals surface area contributed by atoms with E-state index in [4.69, 9.17) is 28.9 Å². The van der Waals surface area contributed by atoms with Crippen molar-refractivity contribution in [1.29, 1.82) is 0 Å². The van der Waals surface area contributed by atoms with E-state index in [1.165, 1.54) is 12.1 Å². The monoisotopic (exact) mass is 311 g/mol. The Labute approximate surface area is 128 Å². The summed E-state index contributed by atoms with van der Waals surface area (Å²) >= 11 is 12.3. The average molecular weight is 312 g/mol. The van der Waals surface area contributed by atoms with Crippen molar-refractivity contribution in [3.05, 3.63) is 69.5 Å². The van der Waals surface area contributed by atoms with Crippen LogP contribution < -0.4 is 5.73 Å². The molecule has 0 fully saturated rings.